The SMILES string of the molecule is Cc1nc(Nc2ccc(C#N)cc2)cc(C(=O)N2CCC(C)CC2)n1. The molecular weight excluding hydrogens is 314 g/mol. The van der Waals surface area contributed by atoms with Crippen LogP contribution in [-0.4, -0.2) is 33.9 Å². The average Bonchev–Trinajstić information content (AvgIpc) is 2.62. The number of benzene rings is 1. The highest BCUT2D eigenvalue weighted by atomic mass is 16.2. The highest BCUT2D eigenvalue weighted by Gasteiger charge is 2.23. The topological polar surface area (TPSA) is 81.9 Å². The van der Waals surface area contributed by atoms with E-state index >= 15 is 0 Å². The van der Waals surface area contributed by atoms with Gasteiger partial charge in [0.1, 0.15) is 17.3 Å². The molecule has 2 heterocycles. The third-order valence-electron chi connectivity index (χ3n) is 4.41. The summed E-state index contributed by atoms with van der Waals surface area (Å²) in [5, 5.41) is 12.0. The van der Waals surface area contributed by atoms with Crippen LogP contribution in [-0.2, 0) is 0 Å². The number of nitrogens with zero attached hydrogens (tertiary/aromatic N) is 4. The fourth-order valence-electron chi connectivity index (χ4n) is 2.89. The van der Waals surface area contributed by atoms with E-state index in [-0.39, 0.29) is 5.91 Å². The zero-order valence-electron chi connectivity index (χ0n) is 14.5. The summed E-state index contributed by atoms with van der Waals surface area (Å²) in [6.45, 7) is 5.55. The molecule has 0 unspecified atom stereocenters. The number of anilines is 2. The molecule has 6 heteroatoms. The van der Waals surface area contributed by atoms with Crippen molar-refractivity contribution in [3.63, 3.8) is 0 Å². The summed E-state index contributed by atoms with van der Waals surface area (Å²) >= 11 is 0. The zero-order valence-corrected chi connectivity index (χ0v) is 14.5. The number of amides is 1. The first-order valence-corrected chi connectivity index (χ1v) is 8.47. The van der Waals surface area contributed by atoms with Gasteiger partial charge in [-0.25, -0.2) is 9.97 Å². The van der Waals surface area contributed by atoms with Gasteiger partial charge in [0.15, 0.2) is 0 Å². The number of hydrogen-bond acceptors (Lipinski definition) is 5. The van der Waals surface area contributed by atoms with Gasteiger partial charge in [0.05, 0.1) is 11.6 Å². The summed E-state index contributed by atoms with van der Waals surface area (Å²) in [6.07, 6.45) is 2.07. The maximum atomic E-state index is 12.7. The van der Waals surface area contributed by atoms with E-state index < -0.39 is 0 Å². The number of aryl methyl sites for hydroxylation is 1. The highest BCUT2D eigenvalue weighted by Crippen LogP contribution is 2.20. The number of nitriles is 1. The van der Waals surface area contributed by atoms with Gasteiger partial charge in [0.2, 0.25) is 0 Å². The van der Waals surface area contributed by atoms with E-state index in [0.717, 1.165) is 31.6 Å². The molecule has 1 fully saturated rings. The Kier molecular flexibility index (Phi) is 4.94. The lowest BCUT2D eigenvalue weighted by molar-refractivity contribution is 0.0691. The average molecular weight is 335 g/mol. The molecule has 1 aromatic heterocycles. The van der Waals surface area contributed by atoms with Crippen LogP contribution in [0.1, 0.15) is 41.6 Å². The van der Waals surface area contributed by atoms with Crippen molar-refractivity contribution in [2.45, 2.75) is 26.7 Å². The van der Waals surface area contributed by atoms with E-state index in [1.807, 2.05) is 17.0 Å². The second kappa shape index (κ2) is 7.31. The van der Waals surface area contributed by atoms with Gasteiger partial charge in [-0.1, -0.05) is 6.92 Å². The summed E-state index contributed by atoms with van der Waals surface area (Å²) in [5.41, 5.74) is 1.82. The summed E-state index contributed by atoms with van der Waals surface area (Å²) in [4.78, 5) is 23.3. The van der Waals surface area contributed by atoms with Gasteiger partial charge >= 0.3 is 0 Å². The molecule has 0 spiro atoms. The van der Waals surface area contributed by atoms with Gasteiger partial charge in [0, 0.05) is 24.8 Å². The monoisotopic (exact) mass is 335 g/mol. The third kappa shape index (κ3) is 4.13. The largest absolute Gasteiger partial charge is 0.340 e. The van der Waals surface area contributed by atoms with Crippen molar-refractivity contribution >= 4 is 17.4 Å². The Morgan fingerprint density at radius 3 is 2.56 bits per heavy atom. The van der Waals surface area contributed by atoms with Gasteiger partial charge in [-0.05, 0) is 49.9 Å². The van der Waals surface area contributed by atoms with Crippen LogP contribution in [0.4, 0.5) is 11.5 Å². The minimum atomic E-state index is -0.0414. The van der Waals surface area contributed by atoms with Crippen LogP contribution in [0.2, 0.25) is 0 Å². The number of hydrogen-bond donors (Lipinski definition) is 1. The molecule has 6 nitrogen and oxygen atoms in total. The van der Waals surface area contributed by atoms with Crippen molar-refractivity contribution in [3.05, 3.63) is 47.4 Å². The summed E-state index contributed by atoms with van der Waals surface area (Å²) < 4.78 is 0. The number of carbonyl (C=O) groups excluding carboxylic acids is 1. The molecular formula is C19H21N5O. The zero-order chi connectivity index (χ0) is 17.8. The van der Waals surface area contributed by atoms with E-state index in [1.165, 1.54) is 0 Å². The molecule has 1 amide bonds. The van der Waals surface area contributed by atoms with Gasteiger partial charge in [-0.15, -0.1) is 0 Å². The Bertz CT molecular complexity index is 802. The molecule has 1 N–H and O–H groups in total. The molecule has 0 bridgehead atoms. The van der Waals surface area contributed by atoms with Crippen molar-refractivity contribution in [1.82, 2.24) is 14.9 Å². The highest BCUT2D eigenvalue weighted by molar-refractivity contribution is 5.93. The van der Waals surface area contributed by atoms with Gasteiger partial charge in [-0.3, -0.25) is 4.79 Å². The molecule has 1 aromatic carbocycles. The van der Waals surface area contributed by atoms with Crippen LogP contribution in [0.5, 0.6) is 0 Å². The predicted octanol–water partition coefficient (Wildman–Crippen LogP) is 3.27. The Labute approximate surface area is 147 Å². The number of carbonyl (C=O) groups is 1. The van der Waals surface area contributed by atoms with Gasteiger partial charge < -0.3 is 10.2 Å². The number of likely N-dealkylation sites (tertiary alicyclic amines) is 1. The second-order valence-electron chi connectivity index (χ2n) is 6.47. The fraction of sp³-hybridized carbons (Fsp3) is 0.368. The molecule has 1 aliphatic heterocycles. The predicted molar refractivity (Wildman–Crippen MR) is 95.5 cm³/mol. The second-order valence-corrected chi connectivity index (χ2v) is 6.47. The first-order chi connectivity index (χ1) is 12.0. The van der Waals surface area contributed by atoms with Crippen molar-refractivity contribution in [3.8, 4) is 6.07 Å². The van der Waals surface area contributed by atoms with Crippen LogP contribution in [0.15, 0.2) is 30.3 Å². The lowest BCUT2D eigenvalue weighted by atomic mass is 9.99. The molecule has 1 aliphatic rings. The van der Waals surface area contributed by atoms with Crippen molar-refractivity contribution in [2.24, 2.45) is 5.92 Å². The van der Waals surface area contributed by atoms with Crippen LogP contribution in [0.25, 0.3) is 0 Å². The Balaban J connectivity index is 1.77. The fourth-order valence-corrected chi connectivity index (χ4v) is 2.89. The number of rotatable bonds is 3. The number of piperidine rings is 1. The quantitative estimate of drug-likeness (QED) is 0.931. The Morgan fingerprint density at radius 1 is 1.24 bits per heavy atom. The number of nitrogens with one attached hydrogen (secondary N) is 1. The van der Waals surface area contributed by atoms with E-state index in [2.05, 4.69) is 28.3 Å². The molecule has 0 radical (unpaired) electrons. The van der Waals surface area contributed by atoms with Crippen LogP contribution < -0.4 is 5.32 Å². The first kappa shape index (κ1) is 16.9. The maximum absolute atomic E-state index is 12.7. The van der Waals surface area contributed by atoms with E-state index in [4.69, 9.17) is 5.26 Å². The standard InChI is InChI=1S/C19H21N5O/c1-13-7-9-24(10-8-13)19(25)17-11-18(22-14(2)21-17)23-16-5-3-15(12-20)4-6-16/h3-6,11,13H,7-10H2,1-2H3,(H,21,22,23). The van der Waals surface area contributed by atoms with E-state index in [1.54, 1.807) is 25.1 Å². The van der Waals surface area contributed by atoms with Gasteiger partial charge in [-0.2, -0.15) is 5.26 Å². The number of aromatic nitrogens is 2. The van der Waals surface area contributed by atoms with Crippen molar-refractivity contribution < 1.29 is 4.79 Å². The Hall–Kier alpha value is -2.94. The normalized spacial score (nSPS) is 14.8. The van der Waals surface area contributed by atoms with Crippen LogP contribution >= 0.6 is 0 Å². The molecule has 2 aromatic rings. The lowest BCUT2D eigenvalue weighted by Gasteiger charge is -2.30. The summed E-state index contributed by atoms with van der Waals surface area (Å²) in [5.74, 6) is 1.75. The maximum Gasteiger partial charge on any atom is 0.272 e. The molecule has 25 heavy (non-hydrogen) atoms. The van der Waals surface area contributed by atoms with E-state index in [0.29, 0.717) is 28.8 Å². The van der Waals surface area contributed by atoms with Crippen molar-refractivity contribution in [1.29, 1.82) is 5.26 Å². The molecule has 1 saturated heterocycles. The first-order valence-electron chi connectivity index (χ1n) is 8.47. The molecule has 3 rings (SSSR count). The third-order valence-corrected chi connectivity index (χ3v) is 4.41. The van der Waals surface area contributed by atoms with Crippen LogP contribution in [0, 0.1) is 24.2 Å². The molecule has 128 valence electrons. The Morgan fingerprint density at radius 2 is 1.92 bits per heavy atom. The minimum absolute atomic E-state index is 0.0414. The lowest BCUT2D eigenvalue weighted by Crippen LogP contribution is -2.38. The molecule has 0 atom stereocenters. The van der Waals surface area contributed by atoms with Gasteiger partial charge in [0.25, 0.3) is 5.91 Å². The smallest absolute Gasteiger partial charge is 0.272 e. The van der Waals surface area contributed by atoms with Crippen molar-refractivity contribution in [2.75, 3.05) is 18.4 Å². The summed E-state index contributed by atoms with van der Waals surface area (Å²) in [6, 6.07) is 10.9. The minimum Gasteiger partial charge on any atom is -0.340 e. The molecule has 0 aliphatic carbocycles. The van der Waals surface area contributed by atoms with E-state index in [9.17, 15) is 4.79 Å². The molecule has 0 saturated carbocycles. The van der Waals surface area contributed by atoms with Crippen LogP contribution in [0.3, 0.4) is 0 Å². The summed E-state index contributed by atoms with van der Waals surface area (Å²) in [7, 11) is 0.